The molecule has 0 spiro atoms. The van der Waals surface area contributed by atoms with Crippen LogP contribution in [-0.4, -0.2) is 18.9 Å². The number of nitrogens with one attached hydrogen (secondary N) is 2. The Balaban J connectivity index is 1.74. The van der Waals surface area contributed by atoms with E-state index in [9.17, 15) is 14.0 Å². The Morgan fingerprint density at radius 1 is 1.07 bits per heavy atom. The number of thiophene rings is 1. The van der Waals surface area contributed by atoms with Gasteiger partial charge in [-0.2, -0.15) is 0 Å². The van der Waals surface area contributed by atoms with Crippen LogP contribution in [0.4, 0.5) is 4.39 Å². The van der Waals surface area contributed by atoms with Gasteiger partial charge >= 0.3 is 0 Å². The number of methoxy groups -OCH3 is 1. The van der Waals surface area contributed by atoms with Gasteiger partial charge in [0.15, 0.2) is 0 Å². The SMILES string of the molecule is COc1ccc(C(=O)N/C(=C\c2cccs2)C(=O)NCc2ccc(F)cc2)cc1. The van der Waals surface area contributed by atoms with Gasteiger partial charge in [-0.1, -0.05) is 18.2 Å². The zero-order valence-corrected chi connectivity index (χ0v) is 16.5. The van der Waals surface area contributed by atoms with E-state index in [-0.39, 0.29) is 18.1 Å². The second-order valence-electron chi connectivity index (χ2n) is 6.07. The molecule has 3 rings (SSSR count). The van der Waals surface area contributed by atoms with Crippen LogP contribution in [0.1, 0.15) is 20.8 Å². The van der Waals surface area contributed by atoms with Crippen molar-refractivity contribution in [2.24, 2.45) is 0 Å². The lowest BCUT2D eigenvalue weighted by Gasteiger charge is -2.11. The quantitative estimate of drug-likeness (QED) is 0.579. The largest absolute Gasteiger partial charge is 0.497 e. The van der Waals surface area contributed by atoms with Gasteiger partial charge in [0.2, 0.25) is 0 Å². The van der Waals surface area contributed by atoms with Crippen molar-refractivity contribution < 1.29 is 18.7 Å². The summed E-state index contributed by atoms with van der Waals surface area (Å²) in [4.78, 5) is 26.1. The number of rotatable bonds is 7. The maximum Gasteiger partial charge on any atom is 0.268 e. The fourth-order valence-electron chi connectivity index (χ4n) is 2.49. The summed E-state index contributed by atoms with van der Waals surface area (Å²) in [5.74, 6) is -0.560. The number of hydrogen-bond donors (Lipinski definition) is 2. The molecule has 0 saturated heterocycles. The van der Waals surface area contributed by atoms with Crippen LogP contribution in [0.15, 0.2) is 71.7 Å². The van der Waals surface area contributed by atoms with E-state index in [1.165, 1.54) is 23.5 Å². The molecule has 0 fully saturated rings. The third-order valence-corrected chi connectivity index (χ3v) is 4.86. The van der Waals surface area contributed by atoms with Crippen molar-refractivity contribution in [1.29, 1.82) is 0 Å². The smallest absolute Gasteiger partial charge is 0.268 e. The number of hydrogen-bond acceptors (Lipinski definition) is 4. The fourth-order valence-corrected chi connectivity index (χ4v) is 3.15. The Morgan fingerprint density at radius 2 is 1.79 bits per heavy atom. The Kier molecular flexibility index (Phi) is 6.76. The predicted molar refractivity (Wildman–Crippen MR) is 111 cm³/mol. The average molecular weight is 410 g/mol. The van der Waals surface area contributed by atoms with Crippen LogP contribution in [0.2, 0.25) is 0 Å². The number of amides is 2. The average Bonchev–Trinajstić information content (AvgIpc) is 3.26. The normalized spacial score (nSPS) is 11.0. The molecule has 2 aromatic carbocycles. The molecule has 5 nitrogen and oxygen atoms in total. The highest BCUT2D eigenvalue weighted by molar-refractivity contribution is 7.10. The van der Waals surface area contributed by atoms with E-state index in [0.29, 0.717) is 11.3 Å². The van der Waals surface area contributed by atoms with Crippen molar-refractivity contribution in [2.75, 3.05) is 7.11 Å². The summed E-state index contributed by atoms with van der Waals surface area (Å²) in [5, 5.41) is 7.30. The predicted octanol–water partition coefficient (Wildman–Crippen LogP) is 3.98. The topological polar surface area (TPSA) is 67.4 Å². The molecule has 0 saturated carbocycles. The highest BCUT2D eigenvalue weighted by Gasteiger charge is 2.15. The summed E-state index contributed by atoms with van der Waals surface area (Å²) in [6, 6.07) is 16.1. The van der Waals surface area contributed by atoms with Gasteiger partial charge < -0.3 is 15.4 Å². The van der Waals surface area contributed by atoms with E-state index >= 15 is 0 Å². The summed E-state index contributed by atoms with van der Waals surface area (Å²) in [7, 11) is 1.54. The Bertz CT molecular complexity index is 998. The van der Waals surface area contributed by atoms with Gasteiger partial charge in [-0.3, -0.25) is 9.59 Å². The number of halogens is 1. The standard InChI is InChI=1S/C22H19FN2O3S/c1-28-18-10-6-16(7-11-18)21(26)25-20(13-19-3-2-12-29-19)22(27)24-14-15-4-8-17(23)9-5-15/h2-13H,14H2,1H3,(H,24,27)(H,25,26)/b20-13-. The Hall–Kier alpha value is -3.45. The minimum absolute atomic E-state index is 0.121. The van der Waals surface area contributed by atoms with Gasteiger partial charge in [-0.15, -0.1) is 11.3 Å². The van der Waals surface area contributed by atoms with E-state index in [1.807, 2.05) is 17.5 Å². The van der Waals surface area contributed by atoms with Gasteiger partial charge in [0.05, 0.1) is 7.11 Å². The van der Waals surface area contributed by atoms with E-state index in [2.05, 4.69) is 10.6 Å². The van der Waals surface area contributed by atoms with Crippen molar-refractivity contribution in [3.63, 3.8) is 0 Å². The number of ether oxygens (including phenoxy) is 1. The van der Waals surface area contributed by atoms with Crippen LogP contribution >= 0.6 is 11.3 Å². The van der Waals surface area contributed by atoms with E-state index in [4.69, 9.17) is 4.74 Å². The summed E-state index contributed by atoms with van der Waals surface area (Å²) < 4.78 is 18.1. The number of benzene rings is 2. The maximum absolute atomic E-state index is 13.0. The van der Waals surface area contributed by atoms with E-state index < -0.39 is 11.8 Å². The van der Waals surface area contributed by atoms with Crippen LogP contribution in [0.3, 0.4) is 0 Å². The molecule has 1 heterocycles. The van der Waals surface area contributed by atoms with Crippen molar-refractivity contribution >= 4 is 29.2 Å². The van der Waals surface area contributed by atoms with Crippen LogP contribution in [0, 0.1) is 5.82 Å². The van der Waals surface area contributed by atoms with Crippen LogP contribution in [-0.2, 0) is 11.3 Å². The fraction of sp³-hybridized carbons (Fsp3) is 0.0909. The van der Waals surface area contributed by atoms with Crippen molar-refractivity contribution in [1.82, 2.24) is 10.6 Å². The summed E-state index contributed by atoms with van der Waals surface area (Å²) in [6.07, 6.45) is 1.62. The van der Waals surface area contributed by atoms with Crippen LogP contribution in [0.25, 0.3) is 6.08 Å². The first-order valence-electron chi connectivity index (χ1n) is 8.78. The van der Waals surface area contributed by atoms with Gasteiger partial charge in [0.25, 0.3) is 11.8 Å². The third kappa shape index (κ3) is 5.76. The zero-order valence-electron chi connectivity index (χ0n) is 15.6. The molecule has 0 unspecified atom stereocenters. The summed E-state index contributed by atoms with van der Waals surface area (Å²) in [5.41, 5.74) is 1.27. The van der Waals surface area contributed by atoms with Crippen LogP contribution < -0.4 is 15.4 Å². The van der Waals surface area contributed by atoms with Crippen molar-refractivity contribution in [2.45, 2.75) is 6.54 Å². The molecule has 0 atom stereocenters. The minimum atomic E-state index is -0.440. The van der Waals surface area contributed by atoms with Crippen LogP contribution in [0.5, 0.6) is 5.75 Å². The molecular weight excluding hydrogens is 391 g/mol. The zero-order chi connectivity index (χ0) is 20.6. The Labute approximate surface area is 171 Å². The third-order valence-electron chi connectivity index (χ3n) is 4.04. The van der Waals surface area contributed by atoms with Gasteiger partial charge in [0, 0.05) is 17.0 Å². The van der Waals surface area contributed by atoms with Gasteiger partial charge in [-0.05, 0) is 59.5 Å². The molecule has 0 aliphatic rings. The first kappa shape index (κ1) is 20.3. The molecule has 2 N–H and O–H groups in total. The van der Waals surface area contributed by atoms with Crippen molar-refractivity contribution in [3.8, 4) is 5.75 Å². The monoisotopic (exact) mass is 410 g/mol. The molecule has 0 bridgehead atoms. The van der Waals surface area contributed by atoms with E-state index in [0.717, 1.165) is 10.4 Å². The molecule has 0 aliphatic carbocycles. The van der Waals surface area contributed by atoms with Gasteiger partial charge in [0.1, 0.15) is 17.3 Å². The molecule has 3 aromatic rings. The first-order valence-corrected chi connectivity index (χ1v) is 9.66. The molecule has 29 heavy (non-hydrogen) atoms. The molecule has 2 amide bonds. The molecule has 7 heteroatoms. The van der Waals surface area contributed by atoms with E-state index in [1.54, 1.807) is 49.6 Å². The molecule has 0 aliphatic heterocycles. The lowest BCUT2D eigenvalue weighted by atomic mass is 10.2. The molecule has 0 radical (unpaired) electrons. The minimum Gasteiger partial charge on any atom is -0.497 e. The van der Waals surface area contributed by atoms with Gasteiger partial charge in [-0.25, -0.2) is 4.39 Å². The second kappa shape index (κ2) is 9.66. The second-order valence-corrected chi connectivity index (χ2v) is 7.04. The lowest BCUT2D eigenvalue weighted by Crippen LogP contribution is -2.34. The highest BCUT2D eigenvalue weighted by Crippen LogP contribution is 2.15. The summed E-state index contributed by atoms with van der Waals surface area (Å²) in [6.45, 7) is 0.208. The first-order chi connectivity index (χ1) is 14.0. The number of carbonyl (C=O) groups excluding carboxylic acids is 2. The lowest BCUT2D eigenvalue weighted by molar-refractivity contribution is -0.117. The molecular formula is C22H19FN2O3S. The maximum atomic E-state index is 13.0. The number of carbonyl (C=O) groups is 2. The summed E-state index contributed by atoms with van der Waals surface area (Å²) >= 11 is 1.45. The molecule has 148 valence electrons. The Morgan fingerprint density at radius 3 is 2.41 bits per heavy atom. The van der Waals surface area contributed by atoms with Crippen molar-refractivity contribution in [3.05, 3.63) is 93.6 Å². The highest BCUT2D eigenvalue weighted by atomic mass is 32.1. The molecule has 1 aromatic heterocycles.